The Kier molecular flexibility index (Phi) is 3.33. The van der Waals surface area contributed by atoms with Gasteiger partial charge in [-0.05, 0) is 13.3 Å². The zero-order chi connectivity index (χ0) is 10.7. The Labute approximate surface area is 89.8 Å². The lowest BCUT2D eigenvalue weighted by atomic mass is 10.2. The zero-order valence-electron chi connectivity index (χ0n) is 9.36. The predicted octanol–water partition coefficient (Wildman–Crippen LogP) is 0.657. The second kappa shape index (κ2) is 4.72. The van der Waals surface area contributed by atoms with Crippen molar-refractivity contribution in [3.8, 4) is 0 Å². The van der Waals surface area contributed by atoms with Crippen molar-refractivity contribution in [2.24, 2.45) is 0 Å². The molecule has 1 saturated heterocycles. The van der Waals surface area contributed by atoms with Gasteiger partial charge in [0, 0.05) is 13.1 Å². The van der Waals surface area contributed by atoms with E-state index in [2.05, 4.69) is 27.0 Å². The highest BCUT2D eigenvalue weighted by atomic mass is 16.5. The van der Waals surface area contributed by atoms with Crippen LogP contribution < -0.4 is 5.32 Å². The van der Waals surface area contributed by atoms with Crippen LogP contribution in [-0.4, -0.2) is 34.5 Å². The maximum atomic E-state index is 5.44. The number of nitrogens with one attached hydrogen (secondary N) is 1. The van der Waals surface area contributed by atoms with Crippen molar-refractivity contribution in [2.75, 3.05) is 19.8 Å². The van der Waals surface area contributed by atoms with Gasteiger partial charge in [-0.2, -0.15) is 0 Å². The van der Waals surface area contributed by atoms with E-state index in [0.29, 0.717) is 6.61 Å². The summed E-state index contributed by atoms with van der Waals surface area (Å²) in [5, 5.41) is 11.8. The highest BCUT2D eigenvalue weighted by molar-refractivity contribution is 5.01. The topological polar surface area (TPSA) is 52.0 Å². The number of aromatic nitrogens is 3. The van der Waals surface area contributed by atoms with Gasteiger partial charge in [0.1, 0.15) is 5.82 Å². The molecule has 0 bridgehead atoms. The number of hydrogen-bond acceptors (Lipinski definition) is 4. The third-order valence-electron chi connectivity index (χ3n) is 2.64. The molecule has 1 atom stereocenters. The first-order valence-electron chi connectivity index (χ1n) is 5.53. The summed E-state index contributed by atoms with van der Waals surface area (Å²) < 4.78 is 7.61. The summed E-state index contributed by atoms with van der Waals surface area (Å²) in [6.07, 6.45) is 1.10. The molecule has 0 amide bonds. The Balaban J connectivity index is 2.18. The van der Waals surface area contributed by atoms with Crippen LogP contribution in [0, 0.1) is 6.92 Å². The molecule has 84 valence electrons. The summed E-state index contributed by atoms with van der Waals surface area (Å²) in [5.74, 6) is 1.99. The molecule has 5 nitrogen and oxygen atoms in total. The van der Waals surface area contributed by atoms with Gasteiger partial charge in [-0.25, -0.2) is 0 Å². The third kappa shape index (κ3) is 2.18. The van der Waals surface area contributed by atoms with E-state index in [1.807, 2.05) is 6.92 Å². The van der Waals surface area contributed by atoms with Crippen LogP contribution in [0.25, 0.3) is 0 Å². The number of nitrogens with zero attached hydrogens (tertiary/aromatic N) is 3. The van der Waals surface area contributed by atoms with Crippen molar-refractivity contribution >= 4 is 0 Å². The fraction of sp³-hybridized carbons (Fsp3) is 0.800. The zero-order valence-corrected chi connectivity index (χ0v) is 9.36. The first-order valence-corrected chi connectivity index (χ1v) is 5.53. The summed E-state index contributed by atoms with van der Waals surface area (Å²) >= 11 is 0. The van der Waals surface area contributed by atoms with Crippen molar-refractivity contribution in [1.82, 2.24) is 20.1 Å². The van der Waals surface area contributed by atoms with E-state index in [1.54, 1.807) is 0 Å². The Morgan fingerprint density at radius 3 is 3.07 bits per heavy atom. The van der Waals surface area contributed by atoms with E-state index in [9.17, 15) is 0 Å². The van der Waals surface area contributed by atoms with Gasteiger partial charge in [-0.15, -0.1) is 10.2 Å². The summed E-state index contributed by atoms with van der Waals surface area (Å²) in [7, 11) is 0. The van der Waals surface area contributed by atoms with Crippen LogP contribution in [0.1, 0.15) is 31.0 Å². The van der Waals surface area contributed by atoms with Crippen LogP contribution >= 0.6 is 0 Å². The number of hydrogen-bond donors (Lipinski definition) is 1. The van der Waals surface area contributed by atoms with Crippen LogP contribution in [0.2, 0.25) is 0 Å². The third-order valence-corrected chi connectivity index (χ3v) is 2.64. The van der Waals surface area contributed by atoms with Crippen molar-refractivity contribution in [3.05, 3.63) is 11.6 Å². The molecule has 0 saturated carbocycles. The van der Waals surface area contributed by atoms with Crippen LogP contribution in [0.5, 0.6) is 0 Å². The maximum Gasteiger partial charge on any atom is 0.152 e. The molecule has 1 aliphatic rings. The summed E-state index contributed by atoms with van der Waals surface area (Å²) in [6.45, 7) is 7.51. The largest absolute Gasteiger partial charge is 0.378 e. The van der Waals surface area contributed by atoms with Gasteiger partial charge < -0.3 is 14.6 Å². The van der Waals surface area contributed by atoms with Gasteiger partial charge in [0.25, 0.3) is 0 Å². The molecule has 0 aliphatic carbocycles. The van der Waals surface area contributed by atoms with Crippen molar-refractivity contribution in [3.63, 3.8) is 0 Å². The lowest BCUT2D eigenvalue weighted by Gasteiger charge is -2.23. The van der Waals surface area contributed by atoms with Gasteiger partial charge in [0.2, 0.25) is 0 Å². The standard InChI is InChI=1S/C10H18N4O/c1-3-5-14-8(2)12-13-10(14)9-7-15-6-4-11-9/h9,11H,3-7H2,1-2H3. The van der Waals surface area contributed by atoms with Crippen molar-refractivity contribution < 1.29 is 4.74 Å². The molecule has 2 heterocycles. The number of aryl methyl sites for hydroxylation is 1. The first-order chi connectivity index (χ1) is 7.33. The molecule has 1 aliphatic heterocycles. The van der Waals surface area contributed by atoms with E-state index in [1.165, 1.54) is 0 Å². The smallest absolute Gasteiger partial charge is 0.152 e. The maximum absolute atomic E-state index is 5.44. The molecule has 2 rings (SSSR count). The highest BCUT2D eigenvalue weighted by Gasteiger charge is 2.21. The van der Waals surface area contributed by atoms with Crippen LogP contribution in [-0.2, 0) is 11.3 Å². The molecule has 0 spiro atoms. The number of rotatable bonds is 3. The average Bonchev–Trinajstić information content (AvgIpc) is 2.63. The SMILES string of the molecule is CCCn1c(C)nnc1C1COCCN1. The molecule has 1 N–H and O–H groups in total. The minimum Gasteiger partial charge on any atom is -0.378 e. The Morgan fingerprint density at radius 1 is 1.53 bits per heavy atom. The molecular weight excluding hydrogens is 192 g/mol. The molecule has 1 fully saturated rings. The quantitative estimate of drug-likeness (QED) is 0.796. The molecule has 5 heteroatoms. The number of ether oxygens (including phenoxy) is 1. The Morgan fingerprint density at radius 2 is 2.40 bits per heavy atom. The first kappa shape index (κ1) is 10.6. The fourth-order valence-corrected chi connectivity index (χ4v) is 1.89. The normalized spacial score (nSPS) is 21.9. The average molecular weight is 210 g/mol. The lowest BCUT2D eigenvalue weighted by molar-refractivity contribution is 0.0729. The van der Waals surface area contributed by atoms with E-state index >= 15 is 0 Å². The van der Waals surface area contributed by atoms with Crippen LogP contribution in [0.15, 0.2) is 0 Å². The van der Waals surface area contributed by atoms with E-state index < -0.39 is 0 Å². The predicted molar refractivity (Wildman–Crippen MR) is 56.6 cm³/mol. The van der Waals surface area contributed by atoms with Crippen LogP contribution in [0.3, 0.4) is 0 Å². The Hall–Kier alpha value is -0.940. The molecule has 15 heavy (non-hydrogen) atoms. The van der Waals surface area contributed by atoms with Gasteiger partial charge in [-0.3, -0.25) is 0 Å². The number of morpholine rings is 1. The minimum absolute atomic E-state index is 0.200. The molecular formula is C10H18N4O. The Bertz CT molecular complexity index is 317. The van der Waals surface area contributed by atoms with Gasteiger partial charge in [0.05, 0.1) is 19.3 Å². The van der Waals surface area contributed by atoms with Crippen molar-refractivity contribution in [1.29, 1.82) is 0 Å². The summed E-state index contributed by atoms with van der Waals surface area (Å²) in [6, 6.07) is 0.200. The second-order valence-corrected chi connectivity index (χ2v) is 3.84. The highest BCUT2D eigenvalue weighted by Crippen LogP contribution is 2.15. The van der Waals surface area contributed by atoms with E-state index in [4.69, 9.17) is 4.74 Å². The molecule has 0 aromatic carbocycles. The monoisotopic (exact) mass is 210 g/mol. The second-order valence-electron chi connectivity index (χ2n) is 3.84. The van der Waals surface area contributed by atoms with Gasteiger partial charge in [0.15, 0.2) is 5.82 Å². The molecule has 1 aromatic rings. The molecule has 1 aromatic heterocycles. The van der Waals surface area contributed by atoms with Gasteiger partial charge >= 0.3 is 0 Å². The van der Waals surface area contributed by atoms with E-state index in [-0.39, 0.29) is 6.04 Å². The van der Waals surface area contributed by atoms with Gasteiger partial charge in [-0.1, -0.05) is 6.92 Å². The van der Waals surface area contributed by atoms with Crippen molar-refractivity contribution in [2.45, 2.75) is 32.9 Å². The van der Waals surface area contributed by atoms with Crippen LogP contribution in [0.4, 0.5) is 0 Å². The summed E-state index contributed by atoms with van der Waals surface area (Å²) in [5.41, 5.74) is 0. The van der Waals surface area contributed by atoms with E-state index in [0.717, 1.165) is 37.8 Å². The lowest BCUT2D eigenvalue weighted by Crippen LogP contribution is -2.36. The molecule has 1 unspecified atom stereocenters. The minimum atomic E-state index is 0.200. The summed E-state index contributed by atoms with van der Waals surface area (Å²) in [4.78, 5) is 0. The fourth-order valence-electron chi connectivity index (χ4n) is 1.89. The molecule has 0 radical (unpaired) electrons.